The zero-order chi connectivity index (χ0) is 15.5. The summed E-state index contributed by atoms with van der Waals surface area (Å²) >= 11 is 0. The summed E-state index contributed by atoms with van der Waals surface area (Å²) in [6, 6.07) is 6.59. The SMILES string of the molecule is CCC(=O)NC1CCN(c2ccc3c(c2)CCC(=O)N3)CC1. The van der Waals surface area contributed by atoms with Crippen molar-refractivity contribution in [2.45, 2.75) is 45.1 Å². The van der Waals surface area contributed by atoms with Crippen LogP contribution in [0.3, 0.4) is 0 Å². The number of hydrogen-bond donors (Lipinski definition) is 2. The molecule has 2 aliphatic heterocycles. The minimum absolute atomic E-state index is 0.104. The molecule has 0 saturated carbocycles. The van der Waals surface area contributed by atoms with Crippen molar-refractivity contribution in [3.63, 3.8) is 0 Å². The van der Waals surface area contributed by atoms with Crippen LogP contribution in [0.4, 0.5) is 11.4 Å². The van der Waals surface area contributed by atoms with Crippen molar-refractivity contribution in [3.8, 4) is 0 Å². The molecule has 1 saturated heterocycles. The lowest BCUT2D eigenvalue weighted by molar-refractivity contribution is -0.121. The van der Waals surface area contributed by atoms with Gasteiger partial charge in [0.25, 0.3) is 0 Å². The Morgan fingerprint density at radius 2 is 2.09 bits per heavy atom. The Bertz CT molecular complexity index is 577. The number of anilines is 2. The van der Waals surface area contributed by atoms with Crippen LogP contribution in [0.2, 0.25) is 0 Å². The van der Waals surface area contributed by atoms with E-state index in [1.807, 2.05) is 13.0 Å². The number of benzene rings is 1. The van der Waals surface area contributed by atoms with E-state index in [4.69, 9.17) is 0 Å². The van der Waals surface area contributed by atoms with Crippen LogP contribution in [0.15, 0.2) is 18.2 Å². The summed E-state index contributed by atoms with van der Waals surface area (Å²) < 4.78 is 0. The molecular formula is C17H23N3O2. The third kappa shape index (κ3) is 3.24. The lowest BCUT2D eigenvalue weighted by Crippen LogP contribution is -2.44. The molecule has 5 nitrogen and oxygen atoms in total. The van der Waals surface area contributed by atoms with Gasteiger partial charge in [-0.05, 0) is 43.0 Å². The third-order valence-electron chi connectivity index (χ3n) is 4.53. The lowest BCUT2D eigenvalue weighted by Gasteiger charge is -2.34. The molecule has 3 rings (SSSR count). The summed E-state index contributed by atoms with van der Waals surface area (Å²) in [5, 5.41) is 6.00. The molecule has 0 spiro atoms. The maximum Gasteiger partial charge on any atom is 0.224 e. The van der Waals surface area contributed by atoms with Gasteiger partial charge in [-0.3, -0.25) is 9.59 Å². The average Bonchev–Trinajstić information content (AvgIpc) is 2.55. The fourth-order valence-electron chi connectivity index (χ4n) is 3.18. The first-order valence-corrected chi connectivity index (χ1v) is 8.13. The fourth-order valence-corrected chi connectivity index (χ4v) is 3.18. The van der Waals surface area contributed by atoms with Crippen molar-refractivity contribution in [2.75, 3.05) is 23.3 Å². The van der Waals surface area contributed by atoms with Gasteiger partial charge in [-0.25, -0.2) is 0 Å². The van der Waals surface area contributed by atoms with Crippen molar-refractivity contribution in [1.29, 1.82) is 0 Å². The molecule has 0 atom stereocenters. The van der Waals surface area contributed by atoms with Crippen LogP contribution in [0, 0.1) is 0 Å². The molecule has 1 aromatic carbocycles. The lowest BCUT2D eigenvalue weighted by atomic mass is 10.00. The number of nitrogens with zero attached hydrogens (tertiary/aromatic N) is 1. The van der Waals surface area contributed by atoms with Gasteiger partial charge >= 0.3 is 0 Å². The predicted octanol–water partition coefficient (Wildman–Crippen LogP) is 2.07. The molecule has 0 bridgehead atoms. The molecule has 118 valence electrons. The summed E-state index contributed by atoms with van der Waals surface area (Å²) in [4.78, 5) is 25.2. The molecule has 0 unspecified atom stereocenters. The van der Waals surface area contributed by atoms with E-state index in [1.54, 1.807) is 0 Å². The first-order chi connectivity index (χ1) is 10.7. The van der Waals surface area contributed by atoms with Crippen molar-refractivity contribution < 1.29 is 9.59 Å². The number of nitrogens with one attached hydrogen (secondary N) is 2. The Labute approximate surface area is 131 Å². The van der Waals surface area contributed by atoms with Crippen LogP contribution in [-0.4, -0.2) is 30.9 Å². The van der Waals surface area contributed by atoms with Gasteiger partial charge in [0.2, 0.25) is 11.8 Å². The van der Waals surface area contributed by atoms with Gasteiger partial charge in [0.05, 0.1) is 0 Å². The number of hydrogen-bond acceptors (Lipinski definition) is 3. The molecule has 0 aliphatic carbocycles. The second-order valence-electron chi connectivity index (χ2n) is 6.07. The molecule has 2 amide bonds. The van der Waals surface area contributed by atoms with Crippen molar-refractivity contribution in [3.05, 3.63) is 23.8 Å². The van der Waals surface area contributed by atoms with Crippen LogP contribution in [0.25, 0.3) is 0 Å². The Morgan fingerprint density at radius 1 is 1.32 bits per heavy atom. The molecule has 5 heteroatoms. The Kier molecular flexibility index (Phi) is 4.32. The van der Waals surface area contributed by atoms with Crippen molar-refractivity contribution in [2.24, 2.45) is 0 Å². The maximum atomic E-state index is 11.5. The third-order valence-corrected chi connectivity index (χ3v) is 4.53. The zero-order valence-corrected chi connectivity index (χ0v) is 13.0. The van der Waals surface area contributed by atoms with Crippen molar-refractivity contribution >= 4 is 23.2 Å². The molecule has 0 aromatic heterocycles. The second-order valence-corrected chi connectivity index (χ2v) is 6.07. The van der Waals surface area contributed by atoms with E-state index >= 15 is 0 Å². The van der Waals surface area contributed by atoms with E-state index in [-0.39, 0.29) is 11.8 Å². The second kappa shape index (κ2) is 6.38. The number of fused-ring (bicyclic) bond motifs is 1. The van der Waals surface area contributed by atoms with E-state index in [2.05, 4.69) is 27.7 Å². The highest BCUT2D eigenvalue weighted by atomic mass is 16.2. The minimum atomic E-state index is 0.104. The first kappa shape index (κ1) is 14.9. The summed E-state index contributed by atoms with van der Waals surface area (Å²) in [6.45, 7) is 3.80. The summed E-state index contributed by atoms with van der Waals surface area (Å²) in [5.74, 6) is 0.246. The smallest absolute Gasteiger partial charge is 0.224 e. The van der Waals surface area contributed by atoms with Gasteiger partial charge in [0, 0.05) is 43.3 Å². The van der Waals surface area contributed by atoms with Crippen LogP contribution in [0.1, 0.15) is 38.2 Å². The highest BCUT2D eigenvalue weighted by Crippen LogP contribution is 2.29. The van der Waals surface area contributed by atoms with Crippen LogP contribution >= 0.6 is 0 Å². The standard InChI is InChI=1S/C17H23N3O2/c1-2-16(21)18-13-7-9-20(10-8-13)14-4-5-15-12(11-14)3-6-17(22)19-15/h4-5,11,13H,2-3,6-10H2,1H3,(H,18,21)(H,19,22). The molecule has 1 aromatic rings. The fraction of sp³-hybridized carbons (Fsp3) is 0.529. The van der Waals surface area contributed by atoms with Gasteiger partial charge in [-0.2, -0.15) is 0 Å². The Balaban J connectivity index is 1.62. The van der Waals surface area contributed by atoms with E-state index in [9.17, 15) is 9.59 Å². The van der Waals surface area contributed by atoms with Gasteiger partial charge < -0.3 is 15.5 Å². The van der Waals surface area contributed by atoms with Crippen LogP contribution < -0.4 is 15.5 Å². The summed E-state index contributed by atoms with van der Waals surface area (Å²) in [7, 11) is 0. The average molecular weight is 301 g/mol. The minimum Gasteiger partial charge on any atom is -0.371 e. The van der Waals surface area contributed by atoms with E-state index in [1.165, 1.54) is 11.3 Å². The van der Waals surface area contributed by atoms with Gasteiger partial charge in [0.15, 0.2) is 0 Å². The van der Waals surface area contributed by atoms with Gasteiger partial charge in [-0.15, -0.1) is 0 Å². The normalized spacial score (nSPS) is 18.6. The number of piperidine rings is 1. The van der Waals surface area contributed by atoms with Crippen LogP contribution in [0.5, 0.6) is 0 Å². The Hall–Kier alpha value is -2.04. The zero-order valence-electron chi connectivity index (χ0n) is 13.0. The molecule has 0 radical (unpaired) electrons. The highest BCUT2D eigenvalue weighted by Gasteiger charge is 2.22. The van der Waals surface area contributed by atoms with Gasteiger partial charge in [0.1, 0.15) is 0 Å². The van der Waals surface area contributed by atoms with E-state index in [0.29, 0.717) is 18.9 Å². The molecule has 22 heavy (non-hydrogen) atoms. The number of aryl methyl sites for hydroxylation is 1. The van der Waals surface area contributed by atoms with Gasteiger partial charge in [-0.1, -0.05) is 6.92 Å². The molecule has 1 fully saturated rings. The number of rotatable bonds is 3. The van der Waals surface area contributed by atoms with Crippen molar-refractivity contribution in [1.82, 2.24) is 5.32 Å². The monoisotopic (exact) mass is 301 g/mol. The topological polar surface area (TPSA) is 61.4 Å². The molecule has 2 aliphatic rings. The molecular weight excluding hydrogens is 278 g/mol. The first-order valence-electron chi connectivity index (χ1n) is 8.13. The van der Waals surface area contributed by atoms with E-state index < -0.39 is 0 Å². The molecule has 2 heterocycles. The quantitative estimate of drug-likeness (QED) is 0.898. The van der Waals surface area contributed by atoms with Crippen LogP contribution in [-0.2, 0) is 16.0 Å². The predicted molar refractivity (Wildman–Crippen MR) is 87.1 cm³/mol. The maximum absolute atomic E-state index is 11.5. The number of carbonyl (C=O) groups excluding carboxylic acids is 2. The highest BCUT2D eigenvalue weighted by molar-refractivity contribution is 5.94. The molecule has 2 N–H and O–H groups in total. The summed E-state index contributed by atoms with van der Waals surface area (Å²) in [5.41, 5.74) is 3.39. The largest absolute Gasteiger partial charge is 0.371 e. The Morgan fingerprint density at radius 3 is 2.82 bits per heavy atom. The number of carbonyl (C=O) groups is 2. The van der Waals surface area contributed by atoms with E-state index in [0.717, 1.165) is 38.0 Å². The number of amides is 2. The summed E-state index contributed by atoms with van der Waals surface area (Å²) in [6.07, 6.45) is 3.91.